The van der Waals surface area contributed by atoms with Crippen molar-refractivity contribution >= 4 is 44.7 Å². The molecule has 0 bridgehead atoms. The summed E-state index contributed by atoms with van der Waals surface area (Å²) in [5, 5.41) is 0. The van der Waals surface area contributed by atoms with Crippen LogP contribution < -0.4 is 53.5 Å². The molecule has 0 rings (SSSR count). The van der Waals surface area contributed by atoms with Crippen molar-refractivity contribution in [1.82, 2.24) is 0 Å². The normalized spacial score (nSPS) is 11.4. The summed E-state index contributed by atoms with van der Waals surface area (Å²) < 4.78 is 55.7. The van der Waals surface area contributed by atoms with Crippen molar-refractivity contribution in [2.24, 2.45) is 16.2 Å². The summed E-state index contributed by atoms with van der Waals surface area (Å²) in [6, 6.07) is -0.0594. The van der Waals surface area contributed by atoms with Gasteiger partial charge >= 0.3 is 62.7 Å². The molecule has 0 aliphatic heterocycles. The molecule has 0 amide bonds. The molecule has 41 heavy (non-hydrogen) atoms. The fourth-order valence-electron chi connectivity index (χ4n) is 1.37. The minimum Gasteiger partial charge on any atom is -1.00 e. The zero-order valence-electron chi connectivity index (χ0n) is 26.2. The van der Waals surface area contributed by atoms with E-state index in [4.69, 9.17) is 30.1 Å². The molecule has 0 saturated carbocycles. The summed E-state index contributed by atoms with van der Waals surface area (Å²) in [5.41, 5.74) is -1.84. The van der Waals surface area contributed by atoms with Crippen molar-refractivity contribution in [3.8, 4) is 0 Å². The Kier molecular flexibility index (Phi) is 29.2. The number of alkyl halides is 1. The van der Waals surface area contributed by atoms with Crippen LogP contribution >= 0.6 is 26.8 Å². The van der Waals surface area contributed by atoms with Crippen LogP contribution in [0.2, 0.25) is 0 Å². The van der Waals surface area contributed by atoms with Crippen molar-refractivity contribution in [1.29, 1.82) is 0 Å². The number of hydrogen-bond acceptors (Lipinski definition) is 12. The van der Waals surface area contributed by atoms with Gasteiger partial charge in [0.2, 0.25) is 13.6 Å². The molecule has 0 heterocycles. The molecule has 0 saturated heterocycles. The average Bonchev–Trinajstić information content (AvgIpc) is 2.82. The number of halogens is 2. The number of ether oxygens (including phenoxy) is 3. The molecule has 0 spiro atoms. The average molecular weight is 773 g/mol. The quantitative estimate of drug-likeness (QED) is 0.0558. The second-order valence-corrected chi connectivity index (χ2v) is 14.8. The summed E-state index contributed by atoms with van der Waals surface area (Å²) >= 11 is 5.16. The van der Waals surface area contributed by atoms with Gasteiger partial charge in [-0.25, -0.2) is 0 Å². The fraction of sp³-hybridized carbons (Fsp3) is 0.708. The largest absolute Gasteiger partial charge is 1.00 e. The summed E-state index contributed by atoms with van der Waals surface area (Å²) in [5.74, 6) is 0.817. The molecule has 0 N–H and O–H groups in total. The maximum absolute atomic E-state index is 12.1. The van der Waals surface area contributed by atoms with Gasteiger partial charge in [0.15, 0.2) is 6.07 Å². The minimum absolute atomic E-state index is 0. The molecule has 12 nitrogen and oxygen atoms in total. The molecule has 238 valence electrons. The molecule has 0 aliphatic rings. The van der Waals surface area contributed by atoms with Gasteiger partial charge in [0.1, 0.15) is 0 Å². The minimum atomic E-state index is -3.71. The Hall–Kier alpha value is 0.210. The third-order valence-electron chi connectivity index (χ3n) is 3.82. The fourth-order valence-corrected chi connectivity index (χ4v) is 2.60. The summed E-state index contributed by atoms with van der Waals surface area (Å²) in [7, 11) is -3.98. The van der Waals surface area contributed by atoms with Crippen molar-refractivity contribution in [2.75, 3.05) is 33.9 Å². The Morgan fingerprint density at radius 1 is 0.659 bits per heavy atom. The van der Waals surface area contributed by atoms with E-state index in [1.165, 1.54) is 14.2 Å². The van der Waals surface area contributed by atoms with Crippen molar-refractivity contribution in [3.05, 3.63) is 24.8 Å². The van der Waals surface area contributed by atoms with Crippen LogP contribution in [0, 0.1) is 16.2 Å². The zero-order chi connectivity index (χ0) is 31.7. The second-order valence-electron chi connectivity index (χ2n) is 10.5. The van der Waals surface area contributed by atoms with E-state index in [2.05, 4.69) is 26.9 Å². The second kappa shape index (κ2) is 23.6. The smallest absolute Gasteiger partial charge is 1.00 e. The first-order valence-electron chi connectivity index (χ1n) is 11.4. The van der Waals surface area contributed by atoms with E-state index in [1.807, 2.05) is 0 Å². The van der Waals surface area contributed by atoms with Gasteiger partial charge in [-0.05, 0) is 62.3 Å². The van der Waals surface area contributed by atoms with Gasteiger partial charge in [-0.2, -0.15) is 0 Å². The van der Waals surface area contributed by atoms with E-state index in [-0.39, 0.29) is 65.6 Å². The molecule has 0 aromatic rings. The van der Waals surface area contributed by atoms with Gasteiger partial charge in [0.25, 0.3) is 0 Å². The monoisotopic (exact) mass is 772 g/mol. The number of esters is 3. The predicted molar refractivity (Wildman–Crippen MR) is 149 cm³/mol. The number of hydrogen-bond donors (Lipinski definition) is 0. The molecule has 0 aliphatic carbocycles. The van der Waals surface area contributed by atoms with Gasteiger partial charge in [-0.15, -0.1) is 0 Å². The molecule has 0 aromatic heterocycles. The topological polar surface area (TPSA) is 150 Å². The SMILES string of the molecule is C=CP(=O)(OC)OC.C=CP(=O)(OCOC(=O)C(C)(C)C)OCOC(=O)C(C)(C)C.CC(C)(C)C(=O)OCCl.[I-].[Na+]. The van der Waals surface area contributed by atoms with Crippen LogP contribution in [0.25, 0.3) is 0 Å². The third kappa shape index (κ3) is 26.3. The summed E-state index contributed by atoms with van der Waals surface area (Å²) in [6.07, 6.45) is 0. The standard InChI is InChI=1S/C14H25O7P.C6H11ClO2.C4H9O3P.HI.Na/c1-8-22(17,20-9-18-11(15)13(2,3)4)21-10-19-12(16)14(5,6)7;1-6(2,3)5(8)9-4-7;1-4-8(5,6-2)7-3;;/h8H,1,9-10H2,2-7H3;4H2,1-3H3;4H,1H2,2-3H3;1H;/q;;;;+1/p-1. The summed E-state index contributed by atoms with van der Waals surface area (Å²) in [4.78, 5) is 33.8. The van der Waals surface area contributed by atoms with E-state index in [9.17, 15) is 23.5 Å². The van der Waals surface area contributed by atoms with Gasteiger partial charge in [0, 0.05) is 25.9 Å². The Balaban J connectivity index is -0.000000188. The molecular formula is C24H45ClINaO12P2. The first-order chi connectivity index (χ1) is 17.5. The zero-order valence-corrected chi connectivity index (χ0v) is 32.9. The van der Waals surface area contributed by atoms with E-state index < -0.39 is 57.0 Å². The van der Waals surface area contributed by atoms with Crippen molar-refractivity contribution in [2.45, 2.75) is 62.3 Å². The van der Waals surface area contributed by atoms with E-state index >= 15 is 0 Å². The van der Waals surface area contributed by atoms with E-state index in [0.29, 0.717) is 0 Å². The maximum atomic E-state index is 12.1. The number of rotatable bonds is 11. The van der Waals surface area contributed by atoms with E-state index in [0.717, 1.165) is 11.6 Å². The van der Waals surface area contributed by atoms with Crippen LogP contribution in [-0.2, 0) is 55.8 Å². The Morgan fingerprint density at radius 2 is 0.927 bits per heavy atom. The van der Waals surface area contributed by atoms with Gasteiger partial charge in [0.05, 0.1) is 16.2 Å². The first kappa shape index (κ1) is 50.8. The molecule has 17 heteroatoms. The van der Waals surface area contributed by atoms with Crippen molar-refractivity contribution < 1.29 is 109 Å². The molecular weight excluding hydrogens is 728 g/mol. The number of carbonyl (C=O) groups excluding carboxylic acids is 3. The number of carbonyl (C=O) groups is 3. The van der Waals surface area contributed by atoms with Crippen LogP contribution in [0.15, 0.2) is 24.8 Å². The third-order valence-corrected chi connectivity index (χ3v) is 6.78. The van der Waals surface area contributed by atoms with Crippen LogP contribution in [0.1, 0.15) is 62.3 Å². The predicted octanol–water partition coefficient (Wildman–Crippen LogP) is 0.846. The molecule has 0 fully saturated rings. The van der Waals surface area contributed by atoms with Crippen LogP contribution in [0.4, 0.5) is 0 Å². The Morgan fingerprint density at radius 3 is 1.07 bits per heavy atom. The maximum Gasteiger partial charge on any atom is 1.00 e. The van der Waals surface area contributed by atoms with Gasteiger partial charge in [-0.3, -0.25) is 32.6 Å². The van der Waals surface area contributed by atoms with E-state index in [1.54, 1.807) is 62.3 Å². The van der Waals surface area contributed by atoms with Crippen molar-refractivity contribution in [3.63, 3.8) is 0 Å². The van der Waals surface area contributed by atoms with Gasteiger partial charge < -0.3 is 47.2 Å². The van der Waals surface area contributed by atoms with Gasteiger partial charge in [-0.1, -0.05) is 24.8 Å². The van der Waals surface area contributed by atoms with Crippen LogP contribution in [0.3, 0.4) is 0 Å². The van der Waals surface area contributed by atoms with Crippen LogP contribution in [0.5, 0.6) is 0 Å². The Labute approximate surface area is 289 Å². The first-order valence-corrected chi connectivity index (χ1v) is 15.2. The molecule has 0 radical (unpaired) electrons. The molecule has 0 atom stereocenters. The molecule has 0 unspecified atom stereocenters. The Bertz CT molecular complexity index is 853. The molecule has 0 aromatic carbocycles. The summed E-state index contributed by atoms with van der Waals surface area (Å²) in [6.45, 7) is 20.9. The van der Waals surface area contributed by atoms with Crippen LogP contribution in [-0.4, -0.2) is 51.8 Å².